The van der Waals surface area contributed by atoms with E-state index in [1.807, 2.05) is 30.3 Å². The van der Waals surface area contributed by atoms with Crippen LogP contribution < -0.4 is 14.8 Å². The lowest BCUT2D eigenvalue weighted by atomic mass is 10.1. The number of fused-ring (bicyclic) bond motifs is 3. The minimum absolute atomic E-state index is 0.252. The molecule has 0 fully saturated rings. The van der Waals surface area contributed by atoms with Crippen molar-refractivity contribution < 1.29 is 18.7 Å². The van der Waals surface area contributed by atoms with Crippen LogP contribution in [0.1, 0.15) is 10.4 Å². The number of nitrogens with one attached hydrogen (secondary N) is 1. The maximum Gasteiger partial charge on any atom is 0.255 e. The Morgan fingerprint density at radius 2 is 1.73 bits per heavy atom. The van der Waals surface area contributed by atoms with Crippen LogP contribution in [-0.4, -0.2) is 20.1 Å². The molecule has 0 radical (unpaired) electrons. The van der Waals surface area contributed by atoms with Gasteiger partial charge < -0.3 is 19.2 Å². The van der Waals surface area contributed by atoms with Crippen LogP contribution in [0, 0.1) is 0 Å². The van der Waals surface area contributed by atoms with E-state index in [9.17, 15) is 4.79 Å². The van der Waals surface area contributed by atoms with Crippen LogP contribution in [0.4, 0.5) is 5.69 Å². The van der Waals surface area contributed by atoms with Crippen LogP contribution in [0.2, 0.25) is 0 Å². The first kappa shape index (κ1) is 16.0. The van der Waals surface area contributed by atoms with Gasteiger partial charge in [0.05, 0.1) is 19.9 Å². The van der Waals surface area contributed by atoms with E-state index in [4.69, 9.17) is 13.9 Å². The number of amides is 1. The third-order valence-electron chi connectivity index (χ3n) is 4.28. The highest BCUT2D eigenvalue weighted by Gasteiger charge is 2.15. The molecule has 0 saturated heterocycles. The van der Waals surface area contributed by atoms with Gasteiger partial charge in [0.1, 0.15) is 22.7 Å². The standard InChI is InChI=1S/C21H17NO4/c1-24-14-7-5-6-13(10-14)21(23)22-17-12-19-16(11-20(17)25-2)15-8-3-4-9-18(15)26-19/h3-12H,1-2H3,(H,22,23). The van der Waals surface area contributed by atoms with Crippen LogP contribution in [-0.2, 0) is 0 Å². The molecule has 130 valence electrons. The summed E-state index contributed by atoms with van der Waals surface area (Å²) in [5, 5.41) is 4.83. The number of methoxy groups -OCH3 is 2. The van der Waals surface area contributed by atoms with E-state index in [-0.39, 0.29) is 5.91 Å². The van der Waals surface area contributed by atoms with E-state index < -0.39 is 0 Å². The number of benzene rings is 3. The molecule has 1 N–H and O–H groups in total. The van der Waals surface area contributed by atoms with Gasteiger partial charge in [0.25, 0.3) is 5.91 Å². The average molecular weight is 347 g/mol. The fourth-order valence-electron chi connectivity index (χ4n) is 2.98. The molecule has 4 rings (SSSR count). The van der Waals surface area contributed by atoms with Gasteiger partial charge in [0, 0.05) is 22.4 Å². The molecular weight excluding hydrogens is 330 g/mol. The number of ether oxygens (including phenoxy) is 2. The molecule has 0 bridgehead atoms. The molecule has 0 unspecified atom stereocenters. The summed E-state index contributed by atoms with van der Waals surface area (Å²) < 4.78 is 16.5. The lowest BCUT2D eigenvalue weighted by Crippen LogP contribution is -2.12. The number of furan rings is 1. The van der Waals surface area contributed by atoms with Crippen LogP contribution in [0.25, 0.3) is 21.9 Å². The first-order valence-corrected chi connectivity index (χ1v) is 8.14. The molecule has 3 aromatic carbocycles. The fraction of sp³-hybridized carbons (Fsp3) is 0.0952. The largest absolute Gasteiger partial charge is 0.497 e. The normalized spacial score (nSPS) is 10.8. The molecule has 5 heteroatoms. The van der Waals surface area contributed by atoms with Gasteiger partial charge in [0.2, 0.25) is 0 Å². The lowest BCUT2D eigenvalue weighted by molar-refractivity contribution is 0.102. The quantitative estimate of drug-likeness (QED) is 0.573. The number of carbonyl (C=O) groups is 1. The van der Waals surface area contributed by atoms with Crippen molar-refractivity contribution in [1.29, 1.82) is 0 Å². The van der Waals surface area contributed by atoms with Gasteiger partial charge in [-0.05, 0) is 30.3 Å². The fourth-order valence-corrected chi connectivity index (χ4v) is 2.98. The number of hydrogen-bond acceptors (Lipinski definition) is 4. The zero-order valence-corrected chi connectivity index (χ0v) is 14.4. The Hall–Kier alpha value is -3.47. The van der Waals surface area contributed by atoms with E-state index in [0.717, 1.165) is 16.4 Å². The Morgan fingerprint density at radius 1 is 0.885 bits per heavy atom. The monoisotopic (exact) mass is 347 g/mol. The van der Waals surface area contributed by atoms with Crippen molar-refractivity contribution in [3.8, 4) is 11.5 Å². The highest BCUT2D eigenvalue weighted by Crippen LogP contribution is 2.36. The molecule has 0 aliphatic carbocycles. The molecule has 1 amide bonds. The number of hydrogen-bond donors (Lipinski definition) is 1. The molecule has 0 aliphatic heterocycles. The second-order valence-electron chi connectivity index (χ2n) is 5.83. The van der Waals surface area contributed by atoms with E-state index in [2.05, 4.69) is 5.32 Å². The Balaban J connectivity index is 1.75. The van der Waals surface area contributed by atoms with Gasteiger partial charge >= 0.3 is 0 Å². The smallest absolute Gasteiger partial charge is 0.255 e. The second-order valence-corrected chi connectivity index (χ2v) is 5.83. The van der Waals surface area contributed by atoms with Crippen molar-refractivity contribution in [2.45, 2.75) is 0 Å². The summed E-state index contributed by atoms with van der Waals surface area (Å²) in [5.74, 6) is 0.940. The zero-order chi connectivity index (χ0) is 18.1. The van der Waals surface area contributed by atoms with Crippen LogP contribution in [0.3, 0.4) is 0 Å². The van der Waals surface area contributed by atoms with Crippen molar-refractivity contribution >= 4 is 33.5 Å². The summed E-state index contributed by atoms with van der Waals surface area (Å²) >= 11 is 0. The Bertz CT molecular complexity index is 1110. The number of para-hydroxylation sites is 1. The Labute approximate surface area is 150 Å². The van der Waals surface area contributed by atoms with Gasteiger partial charge in [-0.2, -0.15) is 0 Å². The molecule has 1 aromatic heterocycles. The minimum Gasteiger partial charge on any atom is -0.497 e. The predicted octanol–water partition coefficient (Wildman–Crippen LogP) is 4.86. The molecule has 0 aliphatic rings. The molecule has 5 nitrogen and oxygen atoms in total. The zero-order valence-electron chi connectivity index (χ0n) is 14.4. The first-order valence-electron chi connectivity index (χ1n) is 8.14. The summed E-state index contributed by atoms with van der Waals surface area (Å²) in [6.45, 7) is 0. The Morgan fingerprint density at radius 3 is 2.54 bits per heavy atom. The summed E-state index contributed by atoms with van der Waals surface area (Å²) in [5.41, 5.74) is 2.52. The molecular formula is C21H17NO4. The van der Waals surface area contributed by atoms with Crippen molar-refractivity contribution in [2.75, 3.05) is 19.5 Å². The Kier molecular flexibility index (Phi) is 3.97. The van der Waals surface area contributed by atoms with Gasteiger partial charge in [-0.25, -0.2) is 0 Å². The van der Waals surface area contributed by atoms with Gasteiger partial charge in [-0.15, -0.1) is 0 Å². The maximum absolute atomic E-state index is 12.6. The van der Waals surface area contributed by atoms with Crippen molar-refractivity contribution in [2.24, 2.45) is 0 Å². The molecule has 0 saturated carbocycles. The molecule has 0 spiro atoms. The molecule has 26 heavy (non-hydrogen) atoms. The lowest BCUT2D eigenvalue weighted by Gasteiger charge is -2.11. The summed E-state index contributed by atoms with van der Waals surface area (Å²) in [7, 11) is 3.14. The maximum atomic E-state index is 12.6. The van der Waals surface area contributed by atoms with E-state index in [1.165, 1.54) is 0 Å². The van der Waals surface area contributed by atoms with Crippen molar-refractivity contribution in [1.82, 2.24) is 0 Å². The van der Waals surface area contributed by atoms with Crippen LogP contribution >= 0.6 is 0 Å². The molecule has 0 atom stereocenters. The third kappa shape index (κ3) is 2.73. The van der Waals surface area contributed by atoms with Gasteiger partial charge in [0.15, 0.2) is 0 Å². The first-order chi connectivity index (χ1) is 12.7. The topological polar surface area (TPSA) is 60.7 Å². The van der Waals surface area contributed by atoms with Crippen LogP contribution in [0.5, 0.6) is 11.5 Å². The average Bonchev–Trinajstić information content (AvgIpc) is 3.04. The number of rotatable bonds is 4. The highest BCUT2D eigenvalue weighted by molar-refractivity contribution is 6.10. The number of anilines is 1. The van der Waals surface area contributed by atoms with Crippen LogP contribution in [0.15, 0.2) is 65.1 Å². The predicted molar refractivity (Wildman–Crippen MR) is 101 cm³/mol. The van der Waals surface area contributed by atoms with E-state index in [1.54, 1.807) is 44.6 Å². The van der Waals surface area contributed by atoms with Gasteiger partial charge in [-0.1, -0.05) is 24.3 Å². The third-order valence-corrected chi connectivity index (χ3v) is 4.28. The summed E-state index contributed by atoms with van der Waals surface area (Å²) in [6, 6.07) is 18.4. The van der Waals surface area contributed by atoms with Gasteiger partial charge in [-0.3, -0.25) is 4.79 Å². The summed E-state index contributed by atoms with van der Waals surface area (Å²) in [6.07, 6.45) is 0. The summed E-state index contributed by atoms with van der Waals surface area (Å²) in [4.78, 5) is 12.6. The minimum atomic E-state index is -0.252. The number of carbonyl (C=O) groups excluding carboxylic acids is 1. The highest BCUT2D eigenvalue weighted by atomic mass is 16.5. The molecule has 4 aromatic rings. The molecule has 1 heterocycles. The van der Waals surface area contributed by atoms with Crippen molar-refractivity contribution in [3.63, 3.8) is 0 Å². The van der Waals surface area contributed by atoms with E-state index in [0.29, 0.717) is 28.3 Å². The SMILES string of the molecule is COc1cccc(C(=O)Nc2cc3oc4ccccc4c3cc2OC)c1. The second kappa shape index (κ2) is 6.44. The van der Waals surface area contributed by atoms with Crippen molar-refractivity contribution in [3.05, 3.63) is 66.2 Å². The van der Waals surface area contributed by atoms with E-state index >= 15 is 0 Å².